The highest BCUT2D eigenvalue weighted by Gasteiger charge is 2.47. The molecule has 0 spiro atoms. The number of hydrogen-bond acceptors (Lipinski definition) is 4. The average molecular weight is 421 g/mol. The fraction of sp³-hybridized carbons (Fsp3) is 0.640. The molecule has 0 radical (unpaired) electrons. The highest BCUT2D eigenvalue weighted by molar-refractivity contribution is 6.16. The molecule has 6 nitrogen and oxygen atoms in total. The van der Waals surface area contributed by atoms with E-state index in [2.05, 4.69) is 46.4 Å². The summed E-state index contributed by atoms with van der Waals surface area (Å²) in [5.74, 6) is 3.27. The number of aliphatic imine (C=N–C) groups is 2. The van der Waals surface area contributed by atoms with Crippen LogP contribution in [-0.4, -0.2) is 59.7 Å². The molecule has 6 heteroatoms. The van der Waals surface area contributed by atoms with Gasteiger partial charge in [0.2, 0.25) is 5.96 Å². The molecule has 3 atom stereocenters. The Hall–Kier alpha value is -2.37. The number of fused-ring (bicyclic) bond motifs is 3. The van der Waals surface area contributed by atoms with Crippen molar-refractivity contribution in [3.63, 3.8) is 0 Å². The summed E-state index contributed by atoms with van der Waals surface area (Å²) in [6, 6.07) is 11.0. The number of benzene rings is 1. The number of guanidine groups is 1. The molecule has 2 saturated carbocycles. The highest BCUT2D eigenvalue weighted by atomic mass is 15.5. The molecular formula is C25H36N6. The summed E-state index contributed by atoms with van der Waals surface area (Å²) in [7, 11) is 2.13. The Morgan fingerprint density at radius 1 is 1.06 bits per heavy atom. The molecule has 1 aromatic rings. The zero-order chi connectivity index (χ0) is 21.2. The smallest absolute Gasteiger partial charge is 0.202 e. The maximum Gasteiger partial charge on any atom is 0.202 e. The second-order valence-corrected chi connectivity index (χ2v) is 9.76. The van der Waals surface area contributed by atoms with Crippen LogP contribution in [0.25, 0.3) is 0 Å². The predicted molar refractivity (Wildman–Crippen MR) is 128 cm³/mol. The van der Waals surface area contributed by atoms with Crippen LogP contribution >= 0.6 is 0 Å². The fourth-order valence-electron chi connectivity index (χ4n) is 5.80. The van der Waals surface area contributed by atoms with Crippen LogP contribution in [0, 0.1) is 17.2 Å². The minimum atomic E-state index is -0.0478. The summed E-state index contributed by atoms with van der Waals surface area (Å²) in [5, 5.41) is 12.8. The Morgan fingerprint density at radius 2 is 1.81 bits per heavy atom. The quantitative estimate of drug-likeness (QED) is 0.553. The zero-order valence-electron chi connectivity index (χ0n) is 18.8. The van der Waals surface area contributed by atoms with Crippen molar-refractivity contribution in [1.82, 2.24) is 9.80 Å². The average Bonchev–Trinajstić information content (AvgIpc) is 3.21. The Balaban J connectivity index is 1.41. The van der Waals surface area contributed by atoms with Gasteiger partial charge in [0.05, 0.1) is 18.0 Å². The van der Waals surface area contributed by atoms with Crippen molar-refractivity contribution < 1.29 is 0 Å². The zero-order valence-corrected chi connectivity index (χ0v) is 18.8. The van der Waals surface area contributed by atoms with Gasteiger partial charge in [0.15, 0.2) is 0 Å². The van der Waals surface area contributed by atoms with Gasteiger partial charge in [-0.3, -0.25) is 15.3 Å². The van der Waals surface area contributed by atoms with Crippen molar-refractivity contribution in [3.05, 3.63) is 30.3 Å². The fourth-order valence-corrected chi connectivity index (χ4v) is 5.80. The van der Waals surface area contributed by atoms with Gasteiger partial charge in [0.25, 0.3) is 0 Å². The highest BCUT2D eigenvalue weighted by Crippen LogP contribution is 2.35. The molecule has 1 saturated heterocycles. The lowest BCUT2D eigenvalue weighted by molar-refractivity contribution is 0.277. The third-order valence-electron chi connectivity index (χ3n) is 7.53. The van der Waals surface area contributed by atoms with Gasteiger partial charge >= 0.3 is 0 Å². The Kier molecular flexibility index (Phi) is 5.97. The second-order valence-electron chi connectivity index (χ2n) is 9.76. The van der Waals surface area contributed by atoms with Crippen LogP contribution in [0.2, 0.25) is 0 Å². The molecule has 5 rings (SSSR count). The van der Waals surface area contributed by atoms with E-state index in [-0.39, 0.29) is 5.92 Å². The number of amidine groups is 2. The molecule has 31 heavy (non-hydrogen) atoms. The van der Waals surface area contributed by atoms with E-state index in [1.807, 2.05) is 6.07 Å². The molecular weight excluding hydrogens is 384 g/mol. The van der Waals surface area contributed by atoms with Crippen LogP contribution in [0.1, 0.15) is 57.8 Å². The third-order valence-corrected chi connectivity index (χ3v) is 7.53. The molecule has 166 valence electrons. The van der Waals surface area contributed by atoms with Gasteiger partial charge < -0.3 is 10.2 Å². The van der Waals surface area contributed by atoms with Crippen molar-refractivity contribution in [2.45, 2.75) is 69.9 Å². The van der Waals surface area contributed by atoms with E-state index in [0.717, 1.165) is 43.4 Å². The van der Waals surface area contributed by atoms with Crippen LogP contribution in [0.4, 0.5) is 5.69 Å². The molecule has 0 amide bonds. The van der Waals surface area contributed by atoms with Crippen LogP contribution in [0.3, 0.4) is 0 Å². The standard InChI is InChI=1S/C25H36N6/c1-30-17-20(23(26)31-22-15-9-8-14-21(22)29-25(30)31)24(28-19-12-6-3-7-13-19)27-16-18-10-4-2-5-11-18/h3,6-7,12-13,18,20-22,26H,2,4-5,8-11,14-17H2,1H3,(H,27,28). The number of nitrogens with one attached hydrogen (secondary N) is 2. The lowest BCUT2D eigenvalue weighted by Crippen LogP contribution is -2.60. The number of nitrogens with zero attached hydrogens (tertiary/aromatic N) is 4. The number of anilines is 1. The van der Waals surface area contributed by atoms with Gasteiger partial charge in [-0.2, -0.15) is 0 Å². The van der Waals surface area contributed by atoms with Crippen molar-refractivity contribution >= 4 is 23.3 Å². The van der Waals surface area contributed by atoms with Crippen LogP contribution in [-0.2, 0) is 0 Å². The summed E-state index contributed by atoms with van der Waals surface area (Å²) >= 11 is 0. The summed E-state index contributed by atoms with van der Waals surface area (Å²) in [5.41, 5.74) is 1.05. The van der Waals surface area contributed by atoms with Crippen molar-refractivity contribution in [3.8, 4) is 0 Å². The van der Waals surface area contributed by atoms with Gasteiger partial charge in [-0.25, -0.2) is 4.99 Å². The van der Waals surface area contributed by atoms with Crippen molar-refractivity contribution in [2.75, 3.05) is 25.5 Å². The molecule has 1 aromatic carbocycles. The van der Waals surface area contributed by atoms with Gasteiger partial charge in [-0.15, -0.1) is 0 Å². The van der Waals surface area contributed by atoms with Gasteiger partial charge in [-0.1, -0.05) is 50.3 Å². The maximum atomic E-state index is 9.20. The molecule has 3 unspecified atom stereocenters. The minimum Gasteiger partial charge on any atom is -0.344 e. The van der Waals surface area contributed by atoms with Gasteiger partial charge in [0, 0.05) is 25.8 Å². The van der Waals surface area contributed by atoms with E-state index < -0.39 is 0 Å². The maximum absolute atomic E-state index is 9.20. The summed E-state index contributed by atoms with van der Waals surface area (Å²) < 4.78 is 0. The molecule has 0 bridgehead atoms. The first-order valence-electron chi connectivity index (χ1n) is 12.2. The lowest BCUT2D eigenvalue weighted by Gasteiger charge is -2.43. The number of rotatable bonds is 4. The molecule has 2 aliphatic carbocycles. The first-order chi connectivity index (χ1) is 15.2. The Morgan fingerprint density at radius 3 is 2.61 bits per heavy atom. The molecule has 2 heterocycles. The third kappa shape index (κ3) is 4.21. The van der Waals surface area contributed by atoms with E-state index >= 15 is 0 Å². The van der Waals surface area contributed by atoms with E-state index in [1.165, 1.54) is 44.9 Å². The largest absolute Gasteiger partial charge is 0.344 e. The Bertz CT molecular complexity index is 841. The number of para-hydroxylation sites is 1. The Labute approximate surface area is 186 Å². The normalized spacial score (nSPS) is 29.5. The predicted octanol–water partition coefficient (Wildman–Crippen LogP) is 4.60. The molecule has 2 N–H and O–H groups in total. The first-order valence-corrected chi connectivity index (χ1v) is 12.2. The molecule has 3 fully saturated rings. The second kappa shape index (κ2) is 9.01. The molecule has 0 aromatic heterocycles. The monoisotopic (exact) mass is 420 g/mol. The van der Waals surface area contributed by atoms with Gasteiger partial charge in [0.1, 0.15) is 11.7 Å². The van der Waals surface area contributed by atoms with Crippen LogP contribution in [0.5, 0.6) is 0 Å². The van der Waals surface area contributed by atoms with E-state index in [0.29, 0.717) is 23.8 Å². The topological polar surface area (TPSA) is 67.1 Å². The van der Waals surface area contributed by atoms with Crippen LogP contribution in [0.15, 0.2) is 40.3 Å². The first kappa shape index (κ1) is 20.5. The molecule has 2 aliphatic heterocycles. The summed E-state index contributed by atoms with van der Waals surface area (Å²) in [6.07, 6.45) is 11.4. The van der Waals surface area contributed by atoms with Crippen LogP contribution < -0.4 is 5.32 Å². The van der Waals surface area contributed by atoms with Crippen molar-refractivity contribution in [2.24, 2.45) is 21.8 Å². The van der Waals surface area contributed by atoms with E-state index in [9.17, 15) is 5.41 Å². The van der Waals surface area contributed by atoms with Crippen molar-refractivity contribution in [1.29, 1.82) is 5.41 Å². The van der Waals surface area contributed by atoms with Gasteiger partial charge in [-0.05, 0) is 43.7 Å². The van der Waals surface area contributed by atoms with E-state index in [1.54, 1.807) is 0 Å². The summed E-state index contributed by atoms with van der Waals surface area (Å²) in [6.45, 7) is 1.63. The number of hydrogen-bond donors (Lipinski definition) is 2. The summed E-state index contributed by atoms with van der Waals surface area (Å²) in [4.78, 5) is 14.7. The lowest BCUT2D eigenvalue weighted by atomic mass is 9.89. The SMILES string of the molecule is CN1CC(C(=NCC2CCCCC2)Nc2ccccc2)C(=N)N2C1=NC1CCCCC12. The van der Waals surface area contributed by atoms with E-state index in [4.69, 9.17) is 9.98 Å². The molecule has 4 aliphatic rings. The minimum absolute atomic E-state index is 0.0478.